The van der Waals surface area contributed by atoms with E-state index in [2.05, 4.69) is 0 Å². The summed E-state index contributed by atoms with van der Waals surface area (Å²) in [4.78, 5) is 0. The molecule has 0 aliphatic carbocycles. The number of hydrogen-bond acceptors (Lipinski definition) is 1. The maximum Gasteiger partial charge on any atom is 0.152 e. The van der Waals surface area contributed by atoms with Crippen LogP contribution in [0.1, 0.15) is 0 Å². The topological polar surface area (TPSA) is 22.9 Å². The fourth-order valence-corrected chi connectivity index (χ4v) is 0.306. The summed E-state index contributed by atoms with van der Waals surface area (Å²) in [6.07, 6.45) is 2.01. The van der Waals surface area contributed by atoms with Crippen LogP contribution in [0.5, 0.6) is 0 Å². The van der Waals surface area contributed by atoms with Gasteiger partial charge in [0.2, 0.25) is 0 Å². The molecule has 0 fully saturated rings. The van der Waals surface area contributed by atoms with Crippen molar-refractivity contribution in [3.8, 4) is 0 Å². The quantitative estimate of drug-likeness (QED) is 0.443. The molecule has 0 aromatic heterocycles. The molecule has 0 aromatic rings. The molecular weight excluding hydrogens is 84.1 g/mol. The van der Waals surface area contributed by atoms with Crippen LogP contribution in [0.15, 0.2) is 0 Å². The molecule has 2 N–H and O–H groups in total. The highest BCUT2D eigenvalue weighted by atomic mass is 32.2. The predicted molar refractivity (Wildman–Crippen MR) is 26.9 cm³/mol. The van der Waals surface area contributed by atoms with Gasteiger partial charge in [0.15, 0.2) is 6.61 Å². The minimum atomic E-state index is 0.557. The van der Waals surface area contributed by atoms with Crippen LogP contribution < -0.4 is 0 Å². The van der Waals surface area contributed by atoms with Gasteiger partial charge in [0.1, 0.15) is 0 Å². The SMILES string of the molecule is CSCC[OH2+]. The maximum absolute atomic E-state index is 6.58. The molecule has 0 amide bonds. The number of thioether (sulfide) groups is 1. The van der Waals surface area contributed by atoms with Crippen LogP contribution in [-0.4, -0.2) is 23.7 Å². The third-order valence-corrected chi connectivity index (χ3v) is 0.919. The second-order valence-electron chi connectivity index (χ2n) is 0.743. The molecule has 0 rings (SSSR count). The molecule has 0 atom stereocenters. The second-order valence-corrected chi connectivity index (χ2v) is 1.73. The van der Waals surface area contributed by atoms with E-state index in [1.54, 1.807) is 11.8 Å². The molecule has 0 aliphatic heterocycles. The molecule has 32 valence electrons. The number of hydrogen-bond donors (Lipinski definition) is 0. The Morgan fingerprint density at radius 1 is 1.80 bits per heavy atom. The van der Waals surface area contributed by atoms with Gasteiger partial charge in [-0.1, -0.05) is 0 Å². The summed E-state index contributed by atoms with van der Waals surface area (Å²) in [5.41, 5.74) is 0. The lowest BCUT2D eigenvalue weighted by Gasteiger charge is -1.76. The van der Waals surface area contributed by atoms with Crippen molar-refractivity contribution in [2.75, 3.05) is 18.6 Å². The van der Waals surface area contributed by atoms with E-state index in [1.165, 1.54) is 0 Å². The Kier molecular flexibility index (Phi) is 4.58. The van der Waals surface area contributed by atoms with Crippen LogP contribution in [0, 0.1) is 0 Å². The van der Waals surface area contributed by atoms with E-state index in [0.29, 0.717) is 6.61 Å². The van der Waals surface area contributed by atoms with Crippen LogP contribution in [0.2, 0.25) is 0 Å². The van der Waals surface area contributed by atoms with Gasteiger partial charge in [-0.05, 0) is 6.26 Å². The van der Waals surface area contributed by atoms with Crippen molar-refractivity contribution in [2.24, 2.45) is 0 Å². The normalized spacial score (nSPS) is 8.40. The molecule has 0 radical (unpaired) electrons. The molecule has 0 spiro atoms. The van der Waals surface area contributed by atoms with Gasteiger partial charge in [-0.25, -0.2) is 0 Å². The summed E-state index contributed by atoms with van der Waals surface area (Å²) >= 11 is 1.71. The first-order chi connectivity index (χ1) is 2.41. The molecule has 0 aromatic carbocycles. The van der Waals surface area contributed by atoms with E-state index in [-0.39, 0.29) is 0 Å². The van der Waals surface area contributed by atoms with Crippen molar-refractivity contribution in [1.82, 2.24) is 0 Å². The van der Waals surface area contributed by atoms with Crippen LogP contribution in [0.3, 0.4) is 0 Å². The monoisotopic (exact) mass is 93.0 g/mol. The average molecular weight is 93.2 g/mol. The molecule has 0 unspecified atom stereocenters. The highest BCUT2D eigenvalue weighted by Crippen LogP contribution is 1.85. The molecule has 0 aliphatic rings. The minimum absolute atomic E-state index is 0.557. The van der Waals surface area contributed by atoms with Gasteiger partial charge < -0.3 is 5.11 Å². The summed E-state index contributed by atoms with van der Waals surface area (Å²) in [5.74, 6) is 0.972. The molecule has 0 bridgehead atoms. The summed E-state index contributed by atoms with van der Waals surface area (Å²) in [7, 11) is 0. The molecule has 0 saturated heterocycles. The average Bonchev–Trinajstić information content (AvgIpc) is 1.41. The zero-order valence-corrected chi connectivity index (χ0v) is 4.14. The fraction of sp³-hybridized carbons (Fsp3) is 1.00. The Hall–Kier alpha value is 0.310. The van der Waals surface area contributed by atoms with Crippen molar-refractivity contribution in [3.05, 3.63) is 0 Å². The molecule has 0 saturated carbocycles. The lowest BCUT2D eigenvalue weighted by molar-refractivity contribution is 0.322. The van der Waals surface area contributed by atoms with Gasteiger partial charge in [-0.15, -0.1) is 0 Å². The van der Waals surface area contributed by atoms with E-state index in [1.807, 2.05) is 6.26 Å². The standard InChI is InChI=1S/C3H8OS/c1-5-3-2-4/h4H,2-3H2,1H3/p+1. The summed E-state index contributed by atoms with van der Waals surface area (Å²) in [6, 6.07) is 0. The van der Waals surface area contributed by atoms with Gasteiger partial charge in [0.25, 0.3) is 0 Å². The van der Waals surface area contributed by atoms with Crippen LogP contribution >= 0.6 is 11.8 Å². The Labute approximate surface area is 36.4 Å². The summed E-state index contributed by atoms with van der Waals surface area (Å²) in [5, 5.41) is 6.58. The van der Waals surface area contributed by atoms with Gasteiger partial charge in [0, 0.05) is 0 Å². The highest BCUT2D eigenvalue weighted by molar-refractivity contribution is 7.98. The van der Waals surface area contributed by atoms with Crippen LogP contribution in [0.25, 0.3) is 0 Å². The van der Waals surface area contributed by atoms with Gasteiger partial charge in [-0.3, -0.25) is 0 Å². The van der Waals surface area contributed by atoms with E-state index >= 15 is 0 Å². The third-order valence-electron chi connectivity index (χ3n) is 0.306. The van der Waals surface area contributed by atoms with Crippen LogP contribution in [-0.2, 0) is 0 Å². The summed E-state index contributed by atoms with van der Waals surface area (Å²) in [6.45, 7) is 0.557. The molecule has 5 heavy (non-hydrogen) atoms. The van der Waals surface area contributed by atoms with E-state index in [0.717, 1.165) is 5.75 Å². The maximum atomic E-state index is 6.58. The molecule has 1 nitrogen and oxygen atoms in total. The molecule has 0 heterocycles. The first-order valence-corrected chi connectivity index (χ1v) is 2.94. The zero-order chi connectivity index (χ0) is 4.12. The second kappa shape index (κ2) is 4.31. The van der Waals surface area contributed by atoms with Crippen molar-refractivity contribution in [2.45, 2.75) is 0 Å². The van der Waals surface area contributed by atoms with Crippen molar-refractivity contribution >= 4 is 11.8 Å². The lowest BCUT2D eigenvalue weighted by atomic mass is 10.9. The Morgan fingerprint density at radius 2 is 2.40 bits per heavy atom. The number of rotatable bonds is 2. The third kappa shape index (κ3) is 4.31. The Bertz CT molecular complexity index is 14.4. The zero-order valence-electron chi connectivity index (χ0n) is 3.32. The first kappa shape index (κ1) is 5.31. The van der Waals surface area contributed by atoms with E-state index < -0.39 is 0 Å². The Morgan fingerprint density at radius 3 is 2.40 bits per heavy atom. The van der Waals surface area contributed by atoms with Gasteiger partial charge in [0.05, 0.1) is 5.75 Å². The van der Waals surface area contributed by atoms with Crippen molar-refractivity contribution in [1.29, 1.82) is 0 Å². The predicted octanol–water partition coefficient (Wildman–Crippen LogP) is 0.0740. The highest BCUT2D eigenvalue weighted by Gasteiger charge is 1.73. The summed E-state index contributed by atoms with van der Waals surface area (Å²) < 4.78 is 0. The largest absolute Gasteiger partial charge is 0.445 e. The van der Waals surface area contributed by atoms with Crippen molar-refractivity contribution < 1.29 is 5.11 Å². The van der Waals surface area contributed by atoms with Crippen molar-refractivity contribution in [3.63, 3.8) is 0 Å². The lowest BCUT2D eigenvalue weighted by Crippen LogP contribution is -1.81. The minimum Gasteiger partial charge on any atom is -0.445 e. The van der Waals surface area contributed by atoms with E-state index in [4.69, 9.17) is 5.11 Å². The molecular formula is C3H9OS+. The first-order valence-electron chi connectivity index (χ1n) is 1.55. The smallest absolute Gasteiger partial charge is 0.152 e. The molecule has 2 heteroatoms. The van der Waals surface area contributed by atoms with E-state index in [9.17, 15) is 0 Å². The van der Waals surface area contributed by atoms with Crippen LogP contribution in [0.4, 0.5) is 0 Å². The van der Waals surface area contributed by atoms with Gasteiger partial charge in [-0.2, -0.15) is 11.8 Å². The Balaban J connectivity index is 2.19. The van der Waals surface area contributed by atoms with Gasteiger partial charge >= 0.3 is 0 Å². The fourth-order valence-electron chi connectivity index (χ4n) is 0.102.